The number of para-hydroxylation sites is 1. The molecule has 0 aliphatic rings. The molecule has 2 aromatic carbocycles. The van der Waals surface area contributed by atoms with Crippen LogP contribution < -0.4 is 5.73 Å². The molecule has 0 fully saturated rings. The van der Waals surface area contributed by atoms with Crippen molar-refractivity contribution in [2.24, 2.45) is 5.73 Å². The van der Waals surface area contributed by atoms with Crippen LogP contribution in [-0.4, -0.2) is 0 Å². The first kappa shape index (κ1) is 14.2. The number of benzene rings is 2. The third-order valence-corrected chi connectivity index (χ3v) is 4.06. The van der Waals surface area contributed by atoms with E-state index in [1.807, 2.05) is 18.2 Å². The van der Waals surface area contributed by atoms with Crippen LogP contribution in [0.15, 0.2) is 45.3 Å². The van der Waals surface area contributed by atoms with Gasteiger partial charge >= 0.3 is 0 Å². The van der Waals surface area contributed by atoms with E-state index >= 15 is 0 Å². The summed E-state index contributed by atoms with van der Waals surface area (Å²) >= 11 is 3.38. The summed E-state index contributed by atoms with van der Waals surface area (Å²) in [5.74, 6) is -0.640. The molecule has 0 aliphatic heterocycles. The number of furan rings is 1. The van der Waals surface area contributed by atoms with Crippen molar-refractivity contribution in [2.75, 3.05) is 0 Å². The predicted molar refractivity (Wildman–Crippen MR) is 81.0 cm³/mol. The van der Waals surface area contributed by atoms with Gasteiger partial charge in [-0.05, 0) is 52.7 Å². The normalized spacial score (nSPS) is 12.8. The SMILES string of the molecule is Cc1cc(F)c(C(N)c2cc3cccc(Br)c3o2)cc1F. The summed E-state index contributed by atoms with van der Waals surface area (Å²) in [5.41, 5.74) is 6.99. The van der Waals surface area contributed by atoms with Crippen LogP contribution in [0.3, 0.4) is 0 Å². The van der Waals surface area contributed by atoms with Crippen molar-refractivity contribution in [2.45, 2.75) is 13.0 Å². The molecule has 1 unspecified atom stereocenters. The van der Waals surface area contributed by atoms with Crippen LogP contribution in [-0.2, 0) is 0 Å². The van der Waals surface area contributed by atoms with Crippen LogP contribution in [0.1, 0.15) is 22.9 Å². The maximum Gasteiger partial charge on any atom is 0.148 e. The average Bonchev–Trinajstić information content (AvgIpc) is 2.87. The number of hydrogen-bond acceptors (Lipinski definition) is 2. The first-order valence-corrected chi connectivity index (χ1v) is 7.15. The lowest BCUT2D eigenvalue weighted by atomic mass is 10.0. The zero-order valence-electron chi connectivity index (χ0n) is 11.2. The van der Waals surface area contributed by atoms with E-state index in [0.29, 0.717) is 11.3 Å². The summed E-state index contributed by atoms with van der Waals surface area (Å²) in [7, 11) is 0. The van der Waals surface area contributed by atoms with E-state index in [4.69, 9.17) is 10.2 Å². The van der Waals surface area contributed by atoms with Gasteiger partial charge in [-0.25, -0.2) is 8.78 Å². The molecule has 3 aromatic rings. The van der Waals surface area contributed by atoms with Gasteiger partial charge in [0.1, 0.15) is 23.0 Å². The maximum atomic E-state index is 14.0. The van der Waals surface area contributed by atoms with Gasteiger partial charge in [0.05, 0.1) is 10.5 Å². The topological polar surface area (TPSA) is 39.2 Å². The minimum atomic E-state index is -0.862. The standard InChI is InChI=1S/C16H12BrF2NO/c1-8-5-13(19)10(7-12(8)18)15(20)14-6-9-3-2-4-11(17)16(9)21-14/h2-7,15H,20H2,1H3. The van der Waals surface area contributed by atoms with Gasteiger partial charge in [0.15, 0.2) is 0 Å². The van der Waals surface area contributed by atoms with Crippen LogP contribution in [0.5, 0.6) is 0 Å². The molecular weight excluding hydrogens is 340 g/mol. The van der Waals surface area contributed by atoms with Crippen molar-refractivity contribution < 1.29 is 13.2 Å². The van der Waals surface area contributed by atoms with Gasteiger partial charge in [0.25, 0.3) is 0 Å². The average molecular weight is 352 g/mol. The molecule has 3 rings (SSSR count). The van der Waals surface area contributed by atoms with E-state index in [-0.39, 0.29) is 11.1 Å². The Hall–Kier alpha value is -1.72. The molecule has 1 heterocycles. The van der Waals surface area contributed by atoms with Crippen molar-refractivity contribution in [3.63, 3.8) is 0 Å². The second-order valence-corrected chi connectivity index (χ2v) is 5.76. The third-order valence-electron chi connectivity index (χ3n) is 3.43. The molecule has 1 aromatic heterocycles. The van der Waals surface area contributed by atoms with Crippen molar-refractivity contribution in [3.05, 3.63) is 69.4 Å². The zero-order valence-corrected chi connectivity index (χ0v) is 12.7. The Morgan fingerprint density at radius 3 is 2.62 bits per heavy atom. The van der Waals surface area contributed by atoms with Gasteiger partial charge in [-0.2, -0.15) is 0 Å². The summed E-state index contributed by atoms with van der Waals surface area (Å²) in [4.78, 5) is 0. The number of fused-ring (bicyclic) bond motifs is 1. The van der Waals surface area contributed by atoms with Crippen molar-refractivity contribution in [1.82, 2.24) is 0 Å². The number of aryl methyl sites for hydroxylation is 1. The van der Waals surface area contributed by atoms with Crippen LogP contribution in [0.4, 0.5) is 8.78 Å². The molecule has 0 aliphatic carbocycles. The Bertz CT molecular complexity index is 829. The fourth-order valence-corrected chi connectivity index (χ4v) is 2.72. The summed E-state index contributed by atoms with van der Waals surface area (Å²) in [5, 5.41) is 0.850. The Balaban J connectivity index is 2.10. The fraction of sp³-hybridized carbons (Fsp3) is 0.125. The zero-order chi connectivity index (χ0) is 15.1. The smallest absolute Gasteiger partial charge is 0.148 e. The minimum absolute atomic E-state index is 0.0771. The van der Waals surface area contributed by atoms with E-state index in [1.54, 1.807) is 6.07 Å². The van der Waals surface area contributed by atoms with Gasteiger partial charge < -0.3 is 10.2 Å². The molecule has 0 saturated heterocycles. The van der Waals surface area contributed by atoms with Gasteiger partial charge in [0.2, 0.25) is 0 Å². The Kier molecular flexibility index (Phi) is 3.55. The molecule has 0 spiro atoms. The highest BCUT2D eigenvalue weighted by molar-refractivity contribution is 9.10. The van der Waals surface area contributed by atoms with Crippen LogP contribution in [0, 0.1) is 18.6 Å². The Morgan fingerprint density at radius 1 is 1.14 bits per heavy atom. The monoisotopic (exact) mass is 351 g/mol. The van der Waals surface area contributed by atoms with E-state index in [1.165, 1.54) is 6.92 Å². The fourth-order valence-electron chi connectivity index (χ4n) is 2.25. The molecule has 108 valence electrons. The van der Waals surface area contributed by atoms with E-state index in [9.17, 15) is 8.78 Å². The first-order valence-electron chi connectivity index (χ1n) is 6.36. The molecule has 1 atom stereocenters. The maximum absolute atomic E-state index is 14.0. The summed E-state index contributed by atoms with van der Waals surface area (Å²) < 4.78 is 34.1. The molecule has 21 heavy (non-hydrogen) atoms. The van der Waals surface area contributed by atoms with Gasteiger partial charge in [-0.15, -0.1) is 0 Å². The van der Waals surface area contributed by atoms with Gasteiger partial charge in [-0.1, -0.05) is 12.1 Å². The lowest BCUT2D eigenvalue weighted by Crippen LogP contribution is -2.13. The highest BCUT2D eigenvalue weighted by Crippen LogP contribution is 2.32. The molecular formula is C16H12BrF2NO. The van der Waals surface area contributed by atoms with Crippen molar-refractivity contribution in [3.8, 4) is 0 Å². The second kappa shape index (κ2) is 5.24. The van der Waals surface area contributed by atoms with Crippen LogP contribution >= 0.6 is 15.9 Å². The second-order valence-electron chi connectivity index (χ2n) is 4.91. The third kappa shape index (κ3) is 2.47. The predicted octanol–water partition coefficient (Wildman–Crippen LogP) is 4.83. The quantitative estimate of drug-likeness (QED) is 0.718. The number of halogens is 3. The Labute approximate surface area is 128 Å². The molecule has 0 bridgehead atoms. The van der Waals surface area contributed by atoms with E-state index in [0.717, 1.165) is 22.0 Å². The lowest BCUT2D eigenvalue weighted by Gasteiger charge is -2.11. The molecule has 0 saturated carbocycles. The van der Waals surface area contributed by atoms with Crippen LogP contribution in [0.2, 0.25) is 0 Å². The van der Waals surface area contributed by atoms with Gasteiger partial charge in [0, 0.05) is 10.9 Å². The Morgan fingerprint density at radius 2 is 1.90 bits per heavy atom. The molecule has 5 heteroatoms. The number of hydrogen-bond donors (Lipinski definition) is 1. The van der Waals surface area contributed by atoms with Crippen molar-refractivity contribution in [1.29, 1.82) is 0 Å². The molecule has 2 nitrogen and oxygen atoms in total. The van der Waals surface area contributed by atoms with E-state index < -0.39 is 17.7 Å². The summed E-state index contributed by atoms with van der Waals surface area (Å²) in [6.07, 6.45) is 0. The molecule has 0 amide bonds. The first-order chi connectivity index (χ1) is 9.97. The van der Waals surface area contributed by atoms with E-state index in [2.05, 4.69) is 15.9 Å². The highest BCUT2D eigenvalue weighted by atomic mass is 79.9. The largest absolute Gasteiger partial charge is 0.458 e. The van der Waals surface area contributed by atoms with Gasteiger partial charge in [-0.3, -0.25) is 0 Å². The highest BCUT2D eigenvalue weighted by Gasteiger charge is 2.20. The van der Waals surface area contributed by atoms with Crippen molar-refractivity contribution >= 4 is 26.9 Å². The minimum Gasteiger partial charge on any atom is -0.458 e. The number of nitrogens with two attached hydrogens (primary N) is 1. The summed E-state index contributed by atoms with van der Waals surface area (Å²) in [6, 6.07) is 8.71. The lowest BCUT2D eigenvalue weighted by molar-refractivity contribution is 0.504. The van der Waals surface area contributed by atoms with Crippen LogP contribution in [0.25, 0.3) is 11.0 Å². The summed E-state index contributed by atoms with van der Waals surface area (Å²) in [6.45, 7) is 1.51. The molecule has 2 N–H and O–H groups in total. The number of rotatable bonds is 2. The molecule has 0 radical (unpaired) electrons.